The number of rotatable bonds is 7. The van der Waals surface area contributed by atoms with Crippen LogP contribution in [0.25, 0.3) is 0 Å². The molecule has 1 amide bonds. The Morgan fingerprint density at radius 3 is 2.54 bits per heavy atom. The number of aliphatic hydroxyl groups excluding tert-OH is 1. The zero-order valence-corrected chi connectivity index (χ0v) is 13.8. The van der Waals surface area contributed by atoms with Gasteiger partial charge in [-0.1, -0.05) is 36.4 Å². The van der Waals surface area contributed by atoms with Crippen molar-refractivity contribution in [3.63, 3.8) is 0 Å². The fourth-order valence-corrected chi connectivity index (χ4v) is 2.27. The number of hydrogen-bond acceptors (Lipinski definition) is 3. The zero-order valence-electron chi connectivity index (χ0n) is 13.8. The van der Waals surface area contributed by atoms with Crippen LogP contribution in [0.3, 0.4) is 0 Å². The summed E-state index contributed by atoms with van der Waals surface area (Å²) in [5, 5.41) is 12.9. The van der Waals surface area contributed by atoms with Crippen LogP contribution in [0.5, 0.6) is 5.75 Å². The van der Waals surface area contributed by atoms with Gasteiger partial charge in [0, 0.05) is 12.5 Å². The van der Waals surface area contributed by atoms with Crippen LogP contribution >= 0.6 is 0 Å². The van der Waals surface area contributed by atoms with E-state index in [0.717, 1.165) is 5.56 Å². The molecule has 0 aliphatic rings. The molecular formula is C19H22FNO3. The first-order chi connectivity index (χ1) is 11.5. The van der Waals surface area contributed by atoms with E-state index in [1.165, 1.54) is 18.2 Å². The molecule has 0 fully saturated rings. The number of aliphatic hydroxyl groups is 1. The topological polar surface area (TPSA) is 58.6 Å². The van der Waals surface area contributed by atoms with Crippen molar-refractivity contribution in [1.29, 1.82) is 0 Å². The van der Waals surface area contributed by atoms with Crippen LogP contribution in [0.15, 0.2) is 54.6 Å². The lowest BCUT2D eigenvalue weighted by atomic mass is 10.0. The summed E-state index contributed by atoms with van der Waals surface area (Å²) in [5.41, 5.74) is 0.996. The highest BCUT2D eigenvalue weighted by Gasteiger charge is 2.21. The van der Waals surface area contributed by atoms with Gasteiger partial charge < -0.3 is 15.2 Å². The van der Waals surface area contributed by atoms with Crippen LogP contribution in [0.2, 0.25) is 0 Å². The summed E-state index contributed by atoms with van der Waals surface area (Å²) in [5.74, 6) is -0.499. The molecule has 0 spiro atoms. The number of amides is 1. The standard InChI is InChI=1S/C19H22FNO3/c1-13(18(22)11-15-7-4-3-5-8-15)21-19(23)14(2)24-17-10-6-9-16(20)12-17/h3-10,12-14,18,22H,11H2,1-2H3,(H,21,23). The molecule has 24 heavy (non-hydrogen) atoms. The lowest BCUT2D eigenvalue weighted by Gasteiger charge is -2.22. The fourth-order valence-electron chi connectivity index (χ4n) is 2.27. The lowest BCUT2D eigenvalue weighted by Crippen LogP contribution is -2.47. The smallest absolute Gasteiger partial charge is 0.261 e. The Morgan fingerprint density at radius 2 is 1.88 bits per heavy atom. The quantitative estimate of drug-likeness (QED) is 0.820. The second kappa shape index (κ2) is 8.45. The van der Waals surface area contributed by atoms with Crippen molar-refractivity contribution < 1.29 is 19.0 Å². The minimum atomic E-state index is -0.793. The summed E-state index contributed by atoms with van der Waals surface area (Å²) >= 11 is 0. The summed E-state index contributed by atoms with van der Waals surface area (Å²) in [7, 11) is 0. The maximum atomic E-state index is 13.1. The van der Waals surface area contributed by atoms with Gasteiger partial charge in [-0.15, -0.1) is 0 Å². The van der Waals surface area contributed by atoms with E-state index in [-0.39, 0.29) is 11.7 Å². The van der Waals surface area contributed by atoms with Gasteiger partial charge in [-0.25, -0.2) is 4.39 Å². The second-order valence-electron chi connectivity index (χ2n) is 5.77. The van der Waals surface area contributed by atoms with Crippen molar-refractivity contribution in [2.45, 2.75) is 38.5 Å². The molecule has 2 aromatic carbocycles. The highest BCUT2D eigenvalue weighted by molar-refractivity contribution is 5.81. The Bertz CT molecular complexity index is 663. The molecular weight excluding hydrogens is 309 g/mol. The molecule has 0 aliphatic carbocycles. The van der Waals surface area contributed by atoms with Crippen molar-refractivity contribution in [3.05, 3.63) is 66.0 Å². The van der Waals surface area contributed by atoms with Crippen LogP contribution in [0.1, 0.15) is 19.4 Å². The van der Waals surface area contributed by atoms with E-state index >= 15 is 0 Å². The number of nitrogens with one attached hydrogen (secondary N) is 1. The molecule has 0 heterocycles. The van der Waals surface area contributed by atoms with E-state index in [1.54, 1.807) is 19.9 Å². The van der Waals surface area contributed by atoms with E-state index in [9.17, 15) is 14.3 Å². The van der Waals surface area contributed by atoms with E-state index in [0.29, 0.717) is 6.42 Å². The summed E-state index contributed by atoms with van der Waals surface area (Å²) in [6.07, 6.45) is -1.06. The third-order valence-corrected chi connectivity index (χ3v) is 3.71. The Hall–Kier alpha value is -2.40. The molecule has 3 unspecified atom stereocenters. The van der Waals surface area contributed by atoms with Crippen molar-refractivity contribution in [2.24, 2.45) is 0 Å². The molecule has 2 N–H and O–H groups in total. The van der Waals surface area contributed by atoms with Crippen LogP contribution in [0, 0.1) is 5.82 Å². The summed E-state index contributed by atoms with van der Waals surface area (Å²) < 4.78 is 18.6. The Balaban J connectivity index is 1.85. The minimum absolute atomic E-state index is 0.287. The predicted octanol–water partition coefficient (Wildman–Crippen LogP) is 2.70. The summed E-state index contributed by atoms with van der Waals surface area (Å²) in [4.78, 5) is 12.2. The molecule has 2 rings (SSSR count). The van der Waals surface area contributed by atoms with Gasteiger partial charge in [0.05, 0.1) is 12.1 Å². The van der Waals surface area contributed by atoms with Gasteiger partial charge in [-0.05, 0) is 31.5 Å². The van der Waals surface area contributed by atoms with E-state index < -0.39 is 24.1 Å². The molecule has 0 radical (unpaired) electrons. The molecule has 0 saturated heterocycles. The summed E-state index contributed by atoms with van der Waals surface area (Å²) in [6, 6.07) is 14.8. The van der Waals surface area contributed by atoms with Gasteiger partial charge in [-0.3, -0.25) is 4.79 Å². The van der Waals surface area contributed by atoms with Gasteiger partial charge in [0.15, 0.2) is 6.10 Å². The molecule has 2 aromatic rings. The normalized spacial score (nSPS) is 14.5. The van der Waals surface area contributed by atoms with Gasteiger partial charge in [0.2, 0.25) is 0 Å². The zero-order chi connectivity index (χ0) is 17.5. The molecule has 5 heteroatoms. The Morgan fingerprint density at radius 1 is 1.17 bits per heavy atom. The van der Waals surface area contributed by atoms with Crippen molar-refractivity contribution in [1.82, 2.24) is 5.32 Å². The number of carbonyl (C=O) groups excluding carboxylic acids is 1. The van der Waals surface area contributed by atoms with Gasteiger partial charge in [0.25, 0.3) is 5.91 Å². The number of ether oxygens (including phenoxy) is 1. The molecule has 0 aliphatic heterocycles. The first-order valence-electron chi connectivity index (χ1n) is 7.90. The highest BCUT2D eigenvalue weighted by atomic mass is 19.1. The molecule has 3 atom stereocenters. The molecule has 128 valence electrons. The predicted molar refractivity (Wildman–Crippen MR) is 90.2 cm³/mol. The molecule has 0 bridgehead atoms. The minimum Gasteiger partial charge on any atom is -0.481 e. The average molecular weight is 331 g/mol. The molecule has 4 nitrogen and oxygen atoms in total. The summed E-state index contributed by atoms with van der Waals surface area (Å²) in [6.45, 7) is 3.32. The highest BCUT2D eigenvalue weighted by Crippen LogP contribution is 2.14. The third-order valence-electron chi connectivity index (χ3n) is 3.71. The number of hydrogen-bond donors (Lipinski definition) is 2. The molecule has 0 aromatic heterocycles. The monoisotopic (exact) mass is 331 g/mol. The molecule has 0 saturated carbocycles. The number of benzene rings is 2. The van der Waals surface area contributed by atoms with E-state index in [2.05, 4.69) is 5.32 Å². The maximum absolute atomic E-state index is 13.1. The van der Waals surface area contributed by atoms with Crippen LogP contribution in [0.4, 0.5) is 4.39 Å². The van der Waals surface area contributed by atoms with Crippen LogP contribution in [-0.4, -0.2) is 29.3 Å². The van der Waals surface area contributed by atoms with Crippen molar-refractivity contribution in [2.75, 3.05) is 0 Å². The number of carbonyl (C=O) groups is 1. The maximum Gasteiger partial charge on any atom is 0.261 e. The van der Waals surface area contributed by atoms with Gasteiger partial charge in [-0.2, -0.15) is 0 Å². The lowest BCUT2D eigenvalue weighted by molar-refractivity contribution is -0.128. The van der Waals surface area contributed by atoms with Gasteiger partial charge in [0.1, 0.15) is 11.6 Å². The largest absolute Gasteiger partial charge is 0.481 e. The fraction of sp³-hybridized carbons (Fsp3) is 0.316. The SMILES string of the molecule is CC(Oc1cccc(F)c1)C(=O)NC(C)C(O)Cc1ccccc1. The van der Waals surface area contributed by atoms with Crippen LogP contribution in [-0.2, 0) is 11.2 Å². The Kier molecular flexibility index (Phi) is 6.32. The van der Waals surface area contributed by atoms with Crippen molar-refractivity contribution in [3.8, 4) is 5.75 Å². The Labute approximate surface area is 141 Å². The van der Waals surface area contributed by atoms with E-state index in [4.69, 9.17) is 4.74 Å². The second-order valence-corrected chi connectivity index (χ2v) is 5.77. The van der Waals surface area contributed by atoms with Crippen molar-refractivity contribution >= 4 is 5.91 Å². The van der Waals surface area contributed by atoms with E-state index in [1.807, 2.05) is 30.3 Å². The van der Waals surface area contributed by atoms with Crippen LogP contribution < -0.4 is 10.1 Å². The average Bonchev–Trinajstić information content (AvgIpc) is 2.55. The first-order valence-corrected chi connectivity index (χ1v) is 7.90. The third kappa shape index (κ3) is 5.35. The number of halogens is 1. The first kappa shape index (κ1) is 17.9. The van der Waals surface area contributed by atoms with Gasteiger partial charge >= 0.3 is 0 Å².